The molecule has 6 nitrogen and oxygen atoms in total. The quantitative estimate of drug-likeness (QED) is 0.883. The van der Waals surface area contributed by atoms with Gasteiger partial charge in [-0.2, -0.15) is 0 Å². The molecule has 0 radical (unpaired) electrons. The first-order chi connectivity index (χ1) is 10.3. The van der Waals surface area contributed by atoms with Crippen molar-refractivity contribution >= 4 is 10.0 Å². The van der Waals surface area contributed by atoms with E-state index in [1.165, 1.54) is 7.11 Å². The normalized spacial score (nSPS) is 11.9. The number of rotatable bonds is 6. The summed E-state index contributed by atoms with van der Waals surface area (Å²) in [5.74, 6) is 1.00. The second kappa shape index (κ2) is 6.50. The summed E-state index contributed by atoms with van der Waals surface area (Å²) in [6.45, 7) is 5.84. The fourth-order valence-electron chi connectivity index (χ4n) is 1.92. The van der Waals surface area contributed by atoms with Crippen molar-refractivity contribution < 1.29 is 17.7 Å². The Morgan fingerprint density at radius 2 is 2.05 bits per heavy atom. The highest BCUT2D eigenvalue weighted by atomic mass is 32.2. The maximum absolute atomic E-state index is 12.4. The molecule has 0 bridgehead atoms. The number of sulfonamides is 1. The van der Waals surface area contributed by atoms with Crippen LogP contribution in [0.2, 0.25) is 0 Å². The molecule has 7 heteroatoms. The number of methoxy groups -OCH3 is 1. The van der Waals surface area contributed by atoms with E-state index < -0.39 is 10.0 Å². The zero-order valence-electron chi connectivity index (χ0n) is 13.1. The van der Waals surface area contributed by atoms with Crippen LogP contribution in [0.4, 0.5) is 0 Å². The molecule has 1 heterocycles. The molecule has 0 aliphatic carbocycles. The second-order valence-electron chi connectivity index (χ2n) is 5.35. The molecule has 120 valence electrons. The van der Waals surface area contributed by atoms with Crippen molar-refractivity contribution in [2.75, 3.05) is 7.11 Å². The highest BCUT2D eigenvalue weighted by Crippen LogP contribution is 2.24. The predicted molar refractivity (Wildman–Crippen MR) is 82.3 cm³/mol. The van der Waals surface area contributed by atoms with E-state index in [1.54, 1.807) is 24.3 Å². The van der Waals surface area contributed by atoms with Gasteiger partial charge in [0.15, 0.2) is 5.76 Å². The van der Waals surface area contributed by atoms with Crippen molar-refractivity contribution in [3.05, 3.63) is 41.3 Å². The van der Waals surface area contributed by atoms with Crippen molar-refractivity contribution in [3.8, 4) is 5.75 Å². The summed E-state index contributed by atoms with van der Waals surface area (Å²) in [5.41, 5.74) is 1.63. The maximum atomic E-state index is 12.4. The lowest BCUT2D eigenvalue weighted by Gasteiger charge is -2.10. The highest BCUT2D eigenvalue weighted by Gasteiger charge is 2.20. The van der Waals surface area contributed by atoms with E-state index in [9.17, 15) is 8.42 Å². The first-order valence-corrected chi connectivity index (χ1v) is 8.41. The molecular weight excluding hydrogens is 304 g/mol. The molecule has 1 aromatic carbocycles. The van der Waals surface area contributed by atoms with E-state index in [0.717, 1.165) is 11.3 Å². The fraction of sp³-hybridized carbons (Fsp3) is 0.400. The van der Waals surface area contributed by atoms with Crippen LogP contribution >= 0.6 is 0 Å². The zero-order valence-corrected chi connectivity index (χ0v) is 13.9. The summed E-state index contributed by atoms with van der Waals surface area (Å²) < 4.78 is 37.6. The Labute approximate surface area is 130 Å². The summed E-state index contributed by atoms with van der Waals surface area (Å²) in [6, 6.07) is 6.75. The van der Waals surface area contributed by atoms with E-state index in [4.69, 9.17) is 9.26 Å². The van der Waals surface area contributed by atoms with E-state index >= 15 is 0 Å². The van der Waals surface area contributed by atoms with Crippen LogP contribution in [0.1, 0.15) is 36.8 Å². The molecule has 2 aromatic rings. The fourth-order valence-corrected chi connectivity index (χ4v) is 3.17. The Bertz CT molecular complexity index is 751. The molecule has 0 spiro atoms. The van der Waals surface area contributed by atoms with Crippen LogP contribution in [0.15, 0.2) is 33.7 Å². The van der Waals surface area contributed by atoms with Crippen LogP contribution < -0.4 is 9.46 Å². The molecule has 1 aromatic heterocycles. The van der Waals surface area contributed by atoms with Gasteiger partial charge < -0.3 is 9.26 Å². The minimum absolute atomic E-state index is 0.0408. The van der Waals surface area contributed by atoms with Crippen molar-refractivity contribution in [1.29, 1.82) is 0 Å². The molecule has 22 heavy (non-hydrogen) atoms. The van der Waals surface area contributed by atoms with Gasteiger partial charge >= 0.3 is 0 Å². The van der Waals surface area contributed by atoms with Gasteiger partial charge in [0.1, 0.15) is 10.6 Å². The first-order valence-electron chi connectivity index (χ1n) is 6.93. The average molecular weight is 324 g/mol. The van der Waals surface area contributed by atoms with Crippen molar-refractivity contribution in [2.45, 2.75) is 38.1 Å². The molecule has 0 aliphatic heterocycles. The topological polar surface area (TPSA) is 81.4 Å². The lowest BCUT2D eigenvalue weighted by atomic mass is 10.1. The van der Waals surface area contributed by atoms with Crippen LogP contribution in [0.25, 0.3) is 0 Å². The van der Waals surface area contributed by atoms with Gasteiger partial charge in [0.2, 0.25) is 10.0 Å². The number of aromatic nitrogens is 1. The molecule has 0 saturated carbocycles. The van der Waals surface area contributed by atoms with Gasteiger partial charge in [-0.15, -0.1) is 0 Å². The van der Waals surface area contributed by atoms with Gasteiger partial charge in [0, 0.05) is 6.07 Å². The SMILES string of the molecule is COc1ccc(C)cc1S(=O)(=O)NCc1cc(C(C)C)no1. The Hall–Kier alpha value is -1.86. The largest absolute Gasteiger partial charge is 0.495 e. The third-order valence-electron chi connectivity index (χ3n) is 3.21. The van der Waals surface area contributed by atoms with E-state index in [1.807, 2.05) is 20.8 Å². The maximum Gasteiger partial charge on any atom is 0.244 e. The van der Waals surface area contributed by atoms with Gasteiger partial charge in [0.05, 0.1) is 19.3 Å². The molecule has 2 rings (SSSR count). The lowest BCUT2D eigenvalue weighted by Crippen LogP contribution is -2.23. The number of benzene rings is 1. The van der Waals surface area contributed by atoms with Crippen molar-refractivity contribution in [2.24, 2.45) is 0 Å². The lowest BCUT2D eigenvalue weighted by molar-refractivity contribution is 0.372. The van der Waals surface area contributed by atoms with E-state index in [0.29, 0.717) is 11.5 Å². The molecule has 0 fully saturated rings. The summed E-state index contributed by atoms with van der Waals surface area (Å²) in [5, 5.41) is 3.90. The first kappa shape index (κ1) is 16.5. The smallest absolute Gasteiger partial charge is 0.244 e. The van der Waals surface area contributed by atoms with Crippen LogP contribution in [-0.4, -0.2) is 20.7 Å². The van der Waals surface area contributed by atoms with Crippen molar-refractivity contribution in [3.63, 3.8) is 0 Å². The Morgan fingerprint density at radius 3 is 2.64 bits per heavy atom. The number of aryl methyl sites for hydroxylation is 1. The van der Waals surface area contributed by atoms with Gasteiger partial charge in [-0.1, -0.05) is 25.1 Å². The molecule has 0 unspecified atom stereocenters. The van der Waals surface area contributed by atoms with E-state index in [-0.39, 0.29) is 17.4 Å². The van der Waals surface area contributed by atoms with Gasteiger partial charge in [-0.05, 0) is 30.5 Å². The number of nitrogens with zero attached hydrogens (tertiary/aromatic N) is 1. The molecule has 1 N–H and O–H groups in total. The monoisotopic (exact) mass is 324 g/mol. The number of hydrogen-bond acceptors (Lipinski definition) is 5. The van der Waals surface area contributed by atoms with Crippen LogP contribution in [-0.2, 0) is 16.6 Å². The Balaban J connectivity index is 2.19. The molecule has 0 saturated heterocycles. The minimum Gasteiger partial charge on any atom is -0.495 e. The van der Waals surface area contributed by atoms with Gasteiger partial charge in [-0.3, -0.25) is 0 Å². The molecular formula is C15H20N2O4S. The summed E-state index contributed by atoms with van der Waals surface area (Å²) in [6.07, 6.45) is 0. The third-order valence-corrected chi connectivity index (χ3v) is 4.64. The van der Waals surface area contributed by atoms with Crippen LogP contribution in [0.3, 0.4) is 0 Å². The van der Waals surface area contributed by atoms with Gasteiger partial charge in [0.25, 0.3) is 0 Å². The number of ether oxygens (including phenoxy) is 1. The van der Waals surface area contributed by atoms with Gasteiger partial charge in [-0.25, -0.2) is 13.1 Å². The van der Waals surface area contributed by atoms with Crippen molar-refractivity contribution in [1.82, 2.24) is 9.88 Å². The van der Waals surface area contributed by atoms with Crippen LogP contribution in [0, 0.1) is 6.92 Å². The molecule has 0 aliphatic rings. The third kappa shape index (κ3) is 3.66. The second-order valence-corrected chi connectivity index (χ2v) is 7.09. The Kier molecular flexibility index (Phi) is 4.87. The average Bonchev–Trinajstić information content (AvgIpc) is 2.94. The zero-order chi connectivity index (χ0) is 16.3. The summed E-state index contributed by atoms with van der Waals surface area (Å²) in [4.78, 5) is 0.110. The number of hydrogen-bond donors (Lipinski definition) is 1. The van der Waals surface area contributed by atoms with E-state index in [2.05, 4.69) is 9.88 Å². The van der Waals surface area contributed by atoms with Crippen LogP contribution in [0.5, 0.6) is 5.75 Å². The standard InChI is InChI=1S/C15H20N2O4S/c1-10(2)13-8-12(21-17-13)9-16-22(18,19)15-7-11(3)5-6-14(15)20-4/h5-8,10,16H,9H2,1-4H3. The Morgan fingerprint density at radius 1 is 1.32 bits per heavy atom. The predicted octanol–water partition coefficient (Wildman–Crippen LogP) is 2.59. The minimum atomic E-state index is -3.70. The summed E-state index contributed by atoms with van der Waals surface area (Å²) >= 11 is 0. The molecule has 0 atom stereocenters. The highest BCUT2D eigenvalue weighted by molar-refractivity contribution is 7.89. The summed E-state index contributed by atoms with van der Waals surface area (Å²) in [7, 11) is -2.26. The number of nitrogens with one attached hydrogen (secondary N) is 1. The molecule has 0 amide bonds.